The second-order valence-corrected chi connectivity index (χ2v) is 3.63. The van der Waals surface area contributed by atoms with Gasteiger partial charge in [0.15, 0.2) is 5.78 Å². The Morgan fingerprint density at radius 3 is 2.64 bits per heavy atom. The molecule has 0 saturated carbocycles. The van der Waals surface area contributed by atoms with Crippen molar-refractivity contribution in [2.24, 2.45) is 0 Å². The monoisotopic (exact) mass is 204 g/mol. The molecule has 0 atom stereocenters. The van der Waals surface area contributed by atoms with Gasteiger partial charge in [-0.25, -0.2) is 0 Å². The van der Waals surface area contributed by atoms with Crippen LogP contribution in [0, 0.1) is 0 Å². The Morgan fingerprint density at radius 2 is 2.00 bits per heavy atom. The summed E-state index contributed by atoms with van der Waals surface area (Å²) in [5.41, 5.74) is 1.62. The van der Waals surface area contributed by atoms with Crippen LogP contribution in [0.15, 0.2) is 30.3 Å². The lowest BCUT2D eigenvalue weighted by atomic mass is 10.1. The number of benzene rings is 1. The SMILES string of the molecule is CC(=O)c1snnc1-c1ccccc1. The molecule has 4 heteroatoms. The number of nitrogens with zero attached hydrogens (tertiary/aromatic N) is 2. The number of carbonyl (C=O) groups is 1. The highest BCUT2D eigenvalue weighted by Gasteiger charge is 2.13. The smallest absolute Gasteiger partial charge is 0.173 e. The van der Waals surface area contributed by atoms with Crippen LogP contribution in [0.2, 0.25) is 0 Å². The molecular weight excluding hydrogens is 196 g/mol. The standard InChI is InChI=1S/C10H8N2OS/c1-7(13)10-9(11-12-14-10)8-5-3-2-4-6-8/h2-6H,1H3. The van der Waals surface area contributed by atoms with E-state index in [9.17, 15) is 4.79 Å². The fourth-order valence-corrected chi connectivity index (χ4v) is 1.78. The molecule has 0 aliphatic heterocycles. The molecule has 0 aliphatic carbocycles. The van der Waals surface area contributed by atoms with Crippen LogP contribution in [0.5, 0.6) is 0 Å². The average Bonchev–Trinajstić information content (AvgIpc) is 2.67. The van der Waals surface area contributed by atoms with Gasteiger partial charge in [-0.15, -0.1) is 5.10 Å². The van der Waals surface area contributed by atoms with Crippen LogP contribution >= 0.6 is 11.5 Å². The average molecular weight is 204 g/mol. The number of aromatic nitrogens is 2. The van der Waals surface area contributed by atoms with E-state index >= 15 is 0 Å². The van der Waals surface area contributed by atoms with E-state index < -0.39 is 0 Å². The van der Waals surface area contributed by atoms with E-state index in [4.69, 9.17) is 0 Å². The van der Waals surface area contributed by atoms with Gasteiger partial charge in [-0.3, -0.25) is 4.79 Å². The summed E-state index contributed by atoms with van der Waals surface area (Å²) in [6, 6.07) is 9.60. The third kappa shape index (κ3) is 1.56. The van der Waals surface area contributed by atoms with Crippen LogP contribution in [0.25, 0.3) is 11.3 Å². The van der Waals surface area contributed by atoms with Crippen LogP contribution in [-0.4, -0.2) is 15.4 Å². The largest absolute Gasteiger partial charge is 0.293 e. The third-order valence-electron chi connectivity index (χ3n) is 1.85. The second-order valence-electron chi connectivity index (χ2n) is 2.87. The zero-order valence-electron chi connectivity index (χ0n) is 7.60. The maximum atomic E-state index is 11.2. The van der Waals surface area contributed by atoms with Crippen molar-refractivity contribution in [3.05, 3.63) is 35.2 Å². The first-order valence-corrected chi connectivity index (χ1v) is 4.95. The van der Waals surface area contributed by atoms with Gasteiger partial charge in [-0.05, 0) is 11.5 Å². The van der Waals surface area contributed by atoms with E-state index in [0.717, 1.165) is 17.1 Å². The molecule has 1 aromatic heterocycles. The van der Waals surface area contributed by atoms with Gasteiger partial charge in [0, 0.05) is 12.5 Å². The van der Waals surface area contributed by atoms with Crippen molar-refractivity contribution in [2.75, 3.05) is 0 Å². The molecule has 2 aromatic rings. The number of carbonyl (C=O) groups excluding carboxylic acids is 1. The Balaban J connectivity index is 2.52. The number of rotatable bonds is 2. The molecule has 14 heavy (non-hydrogen) atoms. The highest BCUT2D eigenvalue weighted by atomic mass is 32.1. The lowest BCUT2D eigenvalue weighted by Crippen LogP contribution is -1.91. The maximum Gasteiger partial charge on any atom is 0.173 e. The second kappa shape index (κ2) is 3.67. The normalized spacial score (nSPS) is 10.1. The van der Waals surface area contributed by atoms with Crippen molar-refractivity contribution < 1.29 is 4.79 Å². The van der Waals surface area contributed by atoms with Crippen molar-refractivity contribution >= 4 is 17.3 Å². The first kappa shape index (κ1) is 9.02. The molecule has 0 bridgehead atoms. The van der Waals surface area contributed by atoms with E-state index in [-0.39, 0.29) is 5.78 Å². The van der Waals surface area contributed by atoms with E-state index in [1.54, 1.807) is 0 Å². The molecule has 1 heterocycles. The van der Waals surface area contributed by atoms with Gasteiger partial charge >= 0.3 is 0 Å². The molecule has 1 aromatic carbocycles. The molecule has 0 saturated heterocycles. The van der Waals surface area contributed by atoms with Gasteiger partial charge in [-0.2, -0.15) is 0 Å². The molecule has 70 valence electrons. The Labute approximate surface area is 85.6 Å². The summed E-state index contributed by atoms with van der Waals surface area (Å²) in [6.45, 7) is 1.53. The van der Waals surface area contributed by atoms with Crippen LogP contribution in [0.3, 0.4) is 0 Å². The molecule has 0 N–H and O–H groups in total. The summed E-state index contributed by atoms with van der Waals surface area (Å²) >= 11 is 1.14. The molecule has 0 radical (unpaired) electrons. The van der Waals surface area contributed by atoms with E-state index in [2.05, 4.69) is 9.59 Å². The van der Waals surface area contributed by atoms with Gasteiger partial charge < -0.3 is 0 Å². The zero-order chi connectivity index (χ0) is 9.97. The van der Waals surface area contributed by atoms with Crippen molar-refractivity contribution in [3.8, 4) is 11.3 Å². The van der Waals surface area contributed by atoms with Crippen molar-refractivity contribution in [1.82, 2.24) is 9.59 Å². The Bertz CT molecular complexity index is 450. The lowest BCUT2D eigenvalue weighted by Gasteiger charge is -1.96. The summed E-state index contributed by atoms with van der Waals surface area (Å²) in [6.07, 6.45) is 0. The molecular formula is C10H8N2OS. The van der Waals surface area contributed by atoms with Gasteiger partial charge in [0.05, 0.1) is 0 Å². The molecule has 0 spiro atoms. The number of hydrogen-bond acceptors (Lipinski definition) is 4. The first-order valence-electron chi connectivity index (χ1n) is 4.18. The summed E-state index contributed by atoms with van der Waals surface area (Å²) in [4.78, 5) is 11.9. The Morgan fingerprint density at radius 1 is 1.29 bits per heavy atom. The predicted octanol–water partition coefficient (Wildman–Crippen LogP) is 2.41. The summed E-state index contributed by atoms with van der Waals surface area (Å²) < 4.78 is 3.79. The number of ketones is 1. The molecule has 0 unspecified atom stereocenters. The topological polar surface area (TPSA) is 42.9 Å². The highest BCUT2D eigenvalue weighted by Crippen LogP contribution is 2.23. The lowest BCUT2D eigenvalue weighted by molar-refractivity contribution is 0.102. The first-order chi connectivity index (χ1) is 6.79. The van der Waals surface area contributed by atoms with Crippen LogP contribution in [0.1, 0.15) is 16.6 Å². The number of hydrogen-bond donors (Lipinski definition) is 0. The fraction of sp³-hybridized carbons (Fsp3) is 0.100. The zero-order valence-corrected chi connectivity index (χ0v) is 8.41. The highest BCUT2D eigenvalue weighted by molar-refractivity contribution is 7.08. The third-order valence-corrected chi connectivity index (χ3v) is 2.68. The molecule has 0 fully saturated rings. The maximum absolute atomic E-state index is 11.2. The van der Waals surface area contributed by atoms with Crippen LogP contribution < -0.4 is 0 Å². The molecule has 3 nitrogen and oxygen atoms in total. The minimum atomic E-state index is 0.0128. The van der Waals surface area contributed by atoms with E-state index in [1.807, 2.05) is 30.3 Å². The quantitative estimate of drug-likeness (QED) is 0.705. The predicted molar refractivity (Wildman–Crippen MR) is 55.3 cm³/mol. The van der Waals surface area contributed by atoms with Crippen molar-refractivity contribution in [2.45, 2.75) is 6.92 Å². The van der Waals surface area contributed by atoms with E-state index in [0.29, 0.717) is 10.6 Å². The van der Waals surface area contributed by atoms with Gasteiger partial charge in [0.25, 0.3) is 0 Å². The minimum absolute atomic E-state index is 0.0128. The number of Topliss-reactive ketones (excluding diaryl/α,β-unsaturated/α-hetero) is 1. The summed E-state index contributed by atoms with van der Waals surface area (Å²) in [5, 5.41) is 3.96. The van der Waals surface area contributed by atoms with Gasteiger partial charge in [0.1, 0.15) is 10.6 Å². The Hall–Kier alpha value is -1.55. The molecule has 2 rings (SSSR count). The van der Waals surface area contributed by atoms with Crippen LogP contribution in [0.4, 0.5) is 0 Å². The Kier molecular flexibility index (Phi) is 2.37. The minimum Gasteiger partial charge on any atom is -0.293 e. The molecule has 0 amide bonds. The van der Waals surface area contributed by atoms with Gasteiger partial charge in [-0.1, -0.05) is 34.8 Å². The molecule has 0 aliphatic rings. The van der Waals surface area contributed by atoms with Crippen molar-refractivity contribution in [1.29, 1.82) is 0 Å². The van der Waals surface area contributed by atoms with Crippen LogP contribution in [-0.2, 0) is 0 Å². The summed E-state index contributed by atoms with van der Waals surface area (Å²) in [7, 11) is 0. The van der Waals surface area contributed by atoms with Crippen molar-refractivity contribution in [3.63, 3.8) is 0 Å². The fourth-order valence-electron chi connectivity index (χ4n) is 1.21. The van der Waals surface area contributed by atoms with E-state index in [1.165, 1.54) is 6.92 Å². The van der Waals surface area contributed by atoms with Gasteiger partial charge in [0.2, 0.25) is 0 Å². The summed E-state index contributed by atoms with van der Waals surface area (Å²) in [5.74, 6) is 0.0128.